The molecular formula is C21H28N6O4. The quantitative estimate of drug-likeness (QED) is 0.644. The maximum atomic E-state index is 12.3. The van der Waals surface area contributed by atoms with Crippen LogP contribution in [0.4, 0.5) is 10.6 Å². The van der Waals surface area contributed by atoms with Gasteiger partial charge in [0, 0.05) is 29.3 Å². The molecule has 4 rings (SSSR count). The van der Waals surface area contributed by atoms with E-state index in [0.717, 1.165) is 31.4 Å². The first-order chi connectivity index (χ1) is 14.8. The number of aromatic amines is 1. The molecule has 2 aromatic heterocycles. The average Bonchev–Trinajstić information content (AvgIpc) is 3.37. The number of rotatable bonds is 6. The van der Waals surface area contributed by atoms with E-state index in [0.29, 0.717) is 23.3 Å². The van der Waals surface area contributed by atoms with Crippen LogP contribution in [0.2, 0.25) is 0 Å². The van der Waals surface area contributed by atoms with Crippen LogP contribution in [0.3, 0.4) is 0 Å². The van der Waals surface area contributed by atoms with Crippen LogP contribution < -0.4 is 10.1 Å². The lowest BCUT2D eigenvalue weighted by Crippen LogP contribution is -2.68. The van der Waals surface area contributed by atoms with Gasteiger partial charge in [-0.05, 0) is 45.4 Å². The Bertz CT molecular complexity index is 961. The van der Waals surface area contributed by atoms with Crippen LogP contribution in [0.25, 0.3) is 0 Å². The fourth-order valence-electron chi connectivity index (χ4n) is 5.28. The predicted molar refractivity (Wildman–Crippen MR) is 112 cm³/mol. The summed E-state index contributed by atoms with van der Waals surface area (Å²) < 4.78 is 4.96. The smallest absolute Gasteiger partial charge is 0.408 e. The average molecular weight is 428 g/mol. The van der Waals surface area contributed by atoms with Crippen LogP contribution >= 0.6 is 0 Å². The molecule has 0 radical (unpaired) electrons. The molecule has 166 valence electrons. The number of likely N-dealkylation sites (tertiary alicyclic amines) is 1. The lowest BCUT2D eigenvalue weighted by atomic mass is 9.70. The molecule has 3 N–H and O–H groups in total. The fourth-order valence-corrected chi connectivity index (χ4v) is 5.28. The number of carbonyl (C=O) groups is 2. The zero-order valence-electron chi connectivity index (χ0n) is 18.0. The highest BCUT2D eigenvalue weighted by atomic mass is 16.5. The van der Waals surface area contributed by atoms with Crippen molar-refractivity contribution in [3.63, 3.8) is 0 Å². The van der Waals surface area contributed by atoms with Crippen LogP contribution in [0, 0.1) is 5.92 Å². The molecule has 0 aromatic carbocycles. The molecule has 2 aromatic rings. The number of ether oxygens (including phenoxy) is 1. The number of methoxy groups -OCH3 is 1. The first kappa shape index (κ1) is 21.1. The summed E-state index contributed by atoms with van der Waals surface area (Å²) in [5, 5.41) is 19.6. The molecule has 10 nitrogen and oxygen atoms in total. The summed E-state index contributed by atoms with van der Waals surface area (Å²) in [7, 11) is 1.51. The van der Waals surface area contributed by atoms with E-state index in [4.69, 9.17) is 4.74 Å². The monoisotopic (exact) mass is 428 g/mol. The van der Waals surface area contributed by atoms with Gasteiger partial charge in [-0.1, -0.05) is 0 Å². The number of hydrogen-bond donors (Lipinski definition) is 3. The Labute approximate surface area is 180 Å². The molecule has 2 fully saturated rings. The van der Waals surface area contributed by atoms with Crippen molar-refractivity contribution in [2.24, 2.45) is 5.92 Å². The molecule has 0 bridgehead atoms. The van der Waals surface area contributed by atoms with Gasteiger partial charge >= 0.3 is 6.09 Å². The molecule has 1 aliphatic heterocycles. The summed E-state index contributed by atoms with van der Waals surface area (Å²) in [6.07, 6.45) is 5.99. The Morgan fingerprint density at radius 2 is 2.16 bits per heavy atom. The topological polar surface area (TPSA) is 133 Å². The number of hydrogen-bond acceptors (Lipinski definition) is 6. The molecule has 1 saturated carbocycles. The maximum absolute atomic E-state index is 12.3. The van der Waals surface area contributed by atoms with Gasteiger partial charge in [0.15, 0.2) is 5.82 Å². The van der Waals surface area contributed by atoms with Gasteiger partial charge in [-0.15, -0.1) is 0 Å². The van der Waals surface area contributed by atoms with Crippen molar-refractivity contribution in [2.75, 3.05) is 12.4 Å². The second kappa shape index (κ2) is 8.16. The van der Waals surface area contributed by atoms with Gasteiger partial charge in [0.1, 0.15) is 0 Å². The number of amides is 2. The van der Waals surface area contributed by atoms with Gasteiger partial charge in [-0.25, -0.2) is 9.78 Å². The molecule has 10 heteroatoms. The summed E-state index contributed by atoms with van der Waals surface area (Å²) in [6, 6.07) is 1.94. The van der Waals surface area contributed by atoms with E-state index in [9.17, 15) is 14.7 Å². The number of nitrogens with zero attached hydrogens (tertiary/aromatic N) is 4. The molecule has 2 amide bonds. The third kappa shape index (κ3) is 4.06. The number of nitrogens with one attached hydrogen (secondary N) is 2. The molecule has 2 aliphatic rings. The van der Waals surface area contributed by atoms with Gasteiger partial charge < -0.3 is 15.2 Å². The SMILES string of the molecule is COc1cnc(CC(=O)Nc2cc(C3CCC([C@]4(C)C[C@H](C)N4C(=O)O)C3)[nH]n2)cn1. The van der Waals surface area contributed by atoms with Crippen molar-refractivity contribution >= 4 is 17.8 Å². The van der Waals surface area contributed by atoms with E-state index in [1.54, 1.807) is 4.90 Å². The van der Waals surface area contributed by atoms with Crippen LogP contribution in [0.5, 0.6) is 5.88 Å². The van der Waals surface area contributed by atoms with E-state index in [2.05, 4.69) is 32.4 Å². The van der Waals surface area contributed by atoms with Gasteiger partial charge in [-0.3, -0.25) is 19.8 Å². The van der Waals surface area contributed by atoms with Gasteiger partial charge in [0.2, 0.25) is 11.8 Å². The number of H-pyrrole nitrogens is 1. The molecule has 0 spiro atoms. The highest BCUT2D eigenvalue weighted by molar-refractivity contribution is 5.91. The molecule has 3 heterocycles. The predicted octanol–water partition coefficient (Wildman–Crippen LogP) is 2.80. The number of carbonyl (C=O) groups excluding carboxylic acids is 1. The van der Waals surface area contributed by atoms with E-state index < -0.39 is 6.09 Å². The van der Waals surface area contributed by atoms with Gasteiger partial charge in [-0.2, -0.15) is 5.10 Å². The second-order valence-corrected chi connectivity index (χ2v) is 8.75. The molecule has 1 saturated heterocycles. The molecule has 4 atom stereocenters. The van der Waals surface area contributed by atoms with E-state index >= 15 is 0 Å². The Morgan fingerprint density at radius 1 is 1.35 bits per heavy atom. The Kier molecular flexibility index (Phi) is 5.55. The zero-order chi connectivity index (χ0) is 22.2. The fraction of sp³-hybridized carbons (Fsp3) is 0.571. The molecular weight excluding hydrogens is 400 g/mol. The second-order valence-electron chi connectivity index (χ2n) is 8.75. The summed E-state index contributed by atoms with van der Waals surface area (Å²) in [4.78, 5) is 33.7. The van der Waals surface area contributed by atoms with Crippen molar-refractivity contribution in [1.82, 2.24) is 25.1 Å². The van der Waals surface area contributed by atoms with Crippen LogP contribution in [0.1, 0.15) is 56.8 Å². The largest absolute Gasteiger partial charge is 0.480 e. The summed E-state index contributed by atoms with van der Waals surface area (Å²) >= 11 is 0. The van der Waals surface area contributed by atoms with Crippen molar-refractivity contribution in [3.8, 4) is 5.88 Å². The summed E-state index contributed by atoms with van der Waals surface area (Å²) in [5.74, 6) is 1.24. The molecule has 31 heavy (non-hydrogen) atoms. The minimum Gasteiger partial charge on any atom is -0.480 e. The normalized spacial score (nSPS) is 27.6. The van der Waals surface area contributed by atoms with Gasteiger partial charge in [0.25, 0.3) is 0 Å². The van der Waals surface area contributed by atoms with Crippen LogP contribution in [-0.4, -0.2) is 60.9 Å². The van der Waals surface area contributed by atoms with Crippen LogP contribution in [0.15, 0.2) is 18.5 Å². The van der Waals surface area contributed by atoms with Gasteiger partial charge in [0.05, 0.1) is 31.6 Å². The lowest BCUT2D eigenvalue weighted by molar-refractivity contribution is -0.115. The van der Waals surface area contributed by atoms with Crippen LogP contribution in [-0.2, 0) is 11.2 Å². The standard InChI is InChI=1S/C21H28N6O4/c1-12-9-21(2,27(12)20(29)30)14-5-4-13(6-14)16-8-17(26-25-16)24-18(28)7-15-10-23-19(31-3)11-22-15/h8,10-14H,4-7,9H2,1-3H3,(H,29,30)(H2,24,25,26,28)/t12-,13?,14?,21-/m0/s1. The third-order valence-electron chi connectivity index (χ3n) is 6.76. The van der Waals surface area contributed by atoms with E-state index in [1.165, 1.54) is 19.5 Å². The molecule has 1 aliphatic carbocycles. The zero-order valence-corrected chi connectivity index (χ0v) is 18.0. The number of aromatic nitrogens is 4. The van der Waals surface area contributed by atoms with Crippen molar-refractivity contribution < 1.29 is 19.4 Å². The highest BCUT2D eigenvalue weighted by Crippen LogP contribution is 2.51. The summed E-state index contributed by atoms with van der Waals surface area (Å²) in [6.45, 7) is 4.03. The minimum atomic E-state index is -0.835. The lowest BCUT2D eigenvalue weighted by Gasteiger charge is -2.57. The highest BCUT2D eigenvalue weighted by Gasteiger charge is 2.55. The van der Waals surface area contributed by atoms with Crippen molar-refractivity contribution in [3.05, 3.63) is 29.8 Å². The Hall–Kier alpha value is -3.17. The Morgan fingerprint density at radius 3 is 2.81 bits per heavy atom. The number of carboxylic acid groups (broad SMARTS) is 1. The maximum Gasteiger partial charge on any atom is 0.408 e. The number of anilines is 1. The van der Waals surface area contributed by atoms with Crippen molar-refractivity contribution in [2.45, 2.75) is 63.5 Å². The van der Waals surface area contributed by atoms with E-state index in [-0.39, 0.29) is 29.8 Å². The van der Waals surface area contributed by atoms with E-state index in [1.807, 2.05) is 13.0 Å². The first-order valence-corrected chi connectivity index (χ1v) is 10.5. The molecule has 2 unspecified atom stereocenters. The van der Waals surface area contributed by atoms with Crippen molar-refractivity contribution in [1.29, 1.82) is 0 Å². The summed E-state index contributed by atoms with van der Waals surface area (Å²) in [5.41, 5.74) is 1.22. The Balaban J connectivity index is 1.34. The first-order valence-electron chi connectivity index (χ1n) is 10.5. The third-order valence-corrected chi connectivity index (χ3v) is 6.76. The minimum absolute atomic E-state index is 0.0749.